The number of nitrogens with two attached hydrogens (primary N) is 1. The van der Waals surface area contributed by atoms with Crippen molar-refractivity contribution in [1.82, 2.24) is 14.9 Å². The van der Waals surface area contributed by atoms with Gasteiger partial charge >= 0.3 is 0 Å². The monoisotopic (exact) mass is 424 g/mol. The minimum Gasteiger partial charge on any atom is -0.383 e. The summed E-state index contributed by atoms with van der Waals surface area (Å²) >= 11 is 0. The molecule has 1 fully saturated rings. The van der Waals surface area contributed by atoms with Gasteiger partial charge in [0.2, 0.25) is 5.56 Å². The fraction of sp³-hybridized carbons (Fsp3) is 0.192. The Morgan fingerprint density at radius 2 is 1.72 bits per heavy atom. The van der Waals surface area contributed by atoms with Gasteiger partial charge in [0.1, 0.15) is 5.82 Å². The van der Waals surface area contributed by atoms with Gasteiger partial charge in [0.15, 0.2) is 0 Å². The predicted octanol–water partition coefficient (Wildman–Crippen LogP) is 4.19. The molecular formula is C26H24N4O2. The summed E-state index contributed by atoms with van der Waals surface area (Å²) in [5.41, 5.74) is 9.74. The number of amides is 1. The van der Waals surface area contributed by atoms with Crippen molar-refractivity contribution in [3.05, 3.63) is 94.5 Å². The smallest absolute Gasteiger partial charge is 0.253 e. The number of nitrogen functional groups attached to an aromatic ring is 1. The summed E-state index contributed by atoms with van der Waals surface area (Å²) in [6, 6.07) is 19.2. The number of pyridine rings is 2. The zero-order valence-corrected chi connectivity index (χ0v) is 17.6. The zero-order chi connectivity index (χ0) is 22.1. The van der Waals surface area contributed by atoms with Crippen molar-refractivity contribution in [3.63, 3.8) is 0 Å². The van der Waals surface area contributed by atoms with E-state index in [-0.39, 0.29) is 11.5 Å². The largest absolute Gasteiger partial charge is 0.383 e. The molecule has 1 aliphatic rings. The molecule has 5 rings (SSSR count). The van der Waals surface area contributed by atoms with Gasteiger partial charge in [0, 0.05) is 42.5 Å². The Morgan fingerprint density at radius 1 is 0.969 bits per heavy atom. The second-order valence-electron chi connectivity index (χ2n) is 8.26. The Bertz CT molecular complexity index is 1320. The van der Waals surface area contributed by atoms with E-state index in [2.05, 4.69) is 28.2 Å². The number of carbonyl (C=O) groups is 1. The summed E-state index contributed by atoms with van der Waals surface area (Å²) < 4.78 is 0. The molecule has 2 aromatic heterocycles. The number of likely N-dealkylation sites (tertiary alicyclic amines) is 1. The number of rotatable bonds is 3. The second kappa shape index (κ2) is 8.30. The van der Waals surface area contributed by atoms with E-state index < -0.39 is 0 Å². The van der Waals surface area contributed by atoms with Crippen molar-refractivity contribution >= 4 is 22.5 Å². The van der Waals surface area contributed by atoms with Crippen molar-refractivity contribution < 1.29 is 4.79 Å². The number of fused-ring (bicyclic) bond motifs is 1. The number of nitrogens with one attached hydrogen (secondary N) is 1. The third kappa shape index (κ3) is 3.87. The first-order valence-corrected chi connectivity index (χ1v) is 10.8. The van der Waals surface area contributed by atoms with Crippen LogP contribution in [0.15, 0.2) is 77.9 Å². The highest BCUT2D eigenvalue weighted by Crippen LogP contribution is 2.32. The molecule has 3 N–H and O–H groups in total. The zero-order valence-electron chi connectivity index (χ0n) is 17.6. The molecule has 0 atom stereocenters. The summed E-state index contributed by atoms with van der Waals surface area (Å²) in [5, 5.41) is 2.09. The molecule has 3 heterocycles. The van der Waals surface area contributed by atoms with E-state index in [9.17, 15) is 9.59 Å². The highest BCUT2D eigenvalue weighted by atomic mass is 16.2. The number of carbonyl (C=O) groups excluding carboxylic acids is 1. The van der Waals surface area contributed by atoms with Gasteiger partial charge in [-0.3, -0.25) is 9.59 Å². The lowest BCUT2D eigenvalue weighted by atomic mass is 9.88. The highest BCUT2D eigenvalue weighted by molar-refractivity contribution is 5.95. The van der Waals surface area contributed by atoms with Gasteiger partial charge in [-0.15, -0.1) is 0 Å². The molecule has 0 radical (unpaired) electrons. The fourth-order valence-corrected chi connectivity index (χ4v) is 4.46. The minimum absolute atomic E-state index is 0.0587. The predicted molar refractivity (Wildman–Crippen MR) is 127 cm³/mol. The van der Waals surface area contributed by atoms with Gasteiger partial charge < -0.3 is 15.6 Å². The molecule has 1 saturated heterocycles. The Balaban J connectivity index is 1.26. The van der Waals surface area contributed by atoms with Gasteiger partial charge in [-0.25, -0.2) is 4.98 Å². The van der Waals surface area contributed by atoms with Crippen LogP contribution in [-0.4, -0.2) is 33.9 Å². The second-order valence-corrected chi connectivity index (χ2v) is 8.26. The maximum Gasteiger partial charge on any atom is 0.253 e. The van der Waals surface area contributed by atoms with E-state index in [0.717, 1.165) is 47.8 Å². The molecule has 32 heavy (non-hydrogen) atoms. The van der Waals surface area contributed by atoms with Gasteiger partial charge in [-0.05, 0) is 71.2 Å². The Labute approximate surface area is 185 Å². The van der Waals surface area contributed by atoms with Crippen LogP contribution in [-0.2, 0) is 0 Å². The number of aromatic nitrogens is 2. The first-order valence-electron chi connectivity index (χ1n) is 10.8. The molecule has 0 aliphatic carbocycles. The maximum absolute atomic E-state index is 13.0. The molecule has 0 saturated carbocycles. The van der Waals surface area contributed by atoms with Crippen molar-refractivity contribution in [2.24, 2.45) is 0 Å². The highest BCUT2D eigenvalue weighted by Gasteiger charge is 2.25. The summed E-state index contributed by atoms with van der Waals surface area (Å²) in [4.78, 5) is 33.1. The quantitative estimate of drug-likeness (QED) is 0.516. The van der Waals surface area contributed by atoms with E-state index in [1.807, 2.05) is 35.2 Å². The molecule has 0 bridgehead atoms. The van der Waals surface area contributed by atoms with E-state index in [4.69, 9.17) is 5.73 Å². The average Bonchev–Trinajstić information content (AvgIpc) is 2.84. The molecule has 6 nitrogen and oxygen atoms in total. The Hall–Kier alpha value is -3.93. The lowest BCUT2D eigenvalue weighted by Gasteiger charge is -2.32. The van der Waals surface area contributed by atoms with Crippen molar-refractivity contribution in [2.75, 3.05) is 18.8 Å². The van der Waals surface area contributed by atoms with Crippen LogP contribution in [0.1, 0.15) is 34.7 Å². The summed E-state index contributed by atoms with van der Waals surface area (Å²) in [7, 11) is 0. The van der Waals surface area contributed by atoms with Gasteiger partial charge in [0.05, 0.1) is 0 Å². The SMILES string of the molecule is Nc1nccc2ccc(C3CCN(C(=O)c4ccc(-c5ccc(=O)[nH]c5)cc4)CC3)cc12. The van der Waals surface area contributed by atoms with Gasteiger partial charge in [0.25, 0.3) is 5.91 Å². The molecule has 1 amide bonds. The van der Waals surface area contributed by atoms with Crippen LogP contribution < -0.4 is 11.3 Å². The maximum atomic E-state index is 13.0. The molecule has 4 aromatic rings. The number of nitrogens with zero attached hydrogens (tertiary/aromatic N) is 2. The summed E-state index contributed by atoms with van der Waals surface area (Å²) in [6.07, 6.45) is 5.26. The van der Waals surface area contributed by atoms with Crippen LogP contribution >= 0.6 is 0 Å². The lowest BCUT2D eigenvalue weighted by Crippen LogP contribution is -2.37. The van der Waals surface area contributed by atoms with Crippen LogP contribution in [0.25, 0.3) is 21.9 Å². The van der Waals surface area contributed by atoms with Crippen molar-refractivity contribution in [2.45, 2.75) is 18.8 Å². The lowest BCUT2D eigenvalue weighted by molar-refractivity contribution is 0.0713. The number of anilines is 1. The van der Waals surface area contributed by atoms with Gasteiger partial charge in [-0.2, -0.15) is 0 Å². The topological polar surface area (TPSA) is 92.1 Å². The minimum atomic E-state index is -0.132. The van der Waals surface area contributed by atoms with Crippen molar-refractivity contribution in [3.8, 4) is 11.1 Å². The van der Waals surface area contributed by atoms with Gasteiger partial charge in [-0.1, -0.05) is 24.3 Å². The van der Waals surface area contributed by atoms with Crippen LogP contribution in [0.2, 0.25) is 0 Å². The fourth-order valence-electron chi connectivity index (χ4n) is 4.46. The third-order valence-corrected chi connectivity index (χ3v) is 6.32. The first-order chi connectivity index (χ1) is 15.6. The molecule has 0 spiro atoms. The van der Waals surface area contributed by atoms with Crippen LogP contribution in [0.4, 0.5) is 5.82 Å². The van der Waals surface area contributed by atoms with Crippen molar-refractivity contribution in [1.29, 1.82) is 0 Å². The third-order valence-electron chi connectivity index (χ3n) is 6.32. The number of benzene rings is 2. The first kappa shape index (κ1) is 20.0. The van der Waals surface area contributed by atoms with Crippen LogP contribution in [0.3, 0.4) is 0 Å². The van der Waals surface area contributed by atoms with E-state index in [1.54, 1.807) is 18.5 Å². The van der Waals surface area contributed by atoms with E-state index in [0.29, 0.717) is 17.3 Å². The number of aromatic amines is 1. The average molecular weight is 425 g/mol. The Kier molecular flexibility index (Phi) is 5.19. The molecular weight excluding hydrogens is 400 g/mol. The summed E-state index contributed by atoms with van der Waals surface area (Å²) in [6.45, 7) is 1.46. The molecule has 6 heteroatoms. The van der Waals surface area contributed by atoms with Crippen LogP contribution in [0, 0.1) is 0 Å². The number of hydrogen-bond acceptors (Lipinski definition) is 4. The van der Waals surface area contributed by atoms with Crippen LogP contribution in [0.5, 0.6) is 0 Å². The summed E-state index contributed by atoms with van der Waals surface area (Å²) in [5.74, 6) is 1.02. The number of H-pyrrole nitrogens is 1. The van der Waals surface area contributed by atoms with E-state index >= 15 is 0 Å². The Morgan fingerprint density at radius 3 is 2.44 bits per heavy atom. The number of piperidine rings is 1. The molecule has 0 unspecified atom stereocenters. The van der Waals surface area contributed by atoms with E-state index in [1.165, 1.54) is 11.6 Å². The molecule has 2 aromatic carbocycles. The number of hydrogen-bond donors (Lipinski definition) is 2. The standard InChI is InChI=1S/C26H24N4O2/c27-25-23-15-21(6-3-19(23)9-12-28-25)18-10-13-30(14-11-18)26(32)20-4-1-17(2-5-20)22-7-8-24(31)29-16-22/h1-9,12,15-16,18H,10-11,13-14H2,(H2,27,28)(H,29,31). The molecule has 1 aliphatic heterocycles. The molecule has 160 valence electrons. The normalized spacial score (nSPS) is 14.6.